The lowest BCUT2D eigenvalue weighted by molar-refractivity contribution is 0.0421. The highest BCUT2D eigenvalue weighted by molar-refractivity contribution is 4.89. The van der Waals surface area contributed by atoms with E-state index in [1.54, 1.807) is 0 Å². The van der Waals surface area contributed by atoms with Crippen LogP contribution in [-0.4, -0.2) is 37.2 Å². The van der Waals surface area contributed by atoms with Gasteiger partial charge in [0.2, 0.25) is 0 Å². The largest absolute Gasteiger partial charge is 0.380 e. The molecule has 0 aliphatic carbocycles. The summed E-state index contributed by atoms with van der Waals surface area (Å²) >= 11 is 0. The van der Waals surface area contributed by atoms with Gasteiger partial charge in [-0.05, 0) is 40.3 Å². The summed E-state index contributed by atoms with van der Waals surface area (Å²) in [4.78, 5) is 2.41. The van der Waals surface area contributed by atoms with Crippen LogP contribution in [0.15, 0.2) is 0 Å². The van der Waals surface area contributed by atoms with Crippen molar-refractivity contribution in [3.8, 4) is 0 Å². The third-order valence-electron chi connectivity index (χ3n) is 2.75. The van der Waals surface area contributed by atoms with Crippen LogP contribution in [0.4, 0.5) is 0 Å². The van der Waals surface area contributed by atoms with Crippen LogP contribution < -0.4 is 0 Å². The van der Waals surface area contributed by atoms with Crippen LogP contribution in [0.2, 0.25) is 0 Å². The Kier molecular flexibility index (Phi) is 2.90. The summed E-state index contributed by atoms with van der Waals surface area (Å²) in [6.07, 6.45) is 2.60. The van der Waals surface area contributed by atoms with Gasteiger partial charge in [0.25, 0.3) is 0 Å². The van der Waals surface area contributed by atoms with E-state index >= 15 is 0 Å². The molecule has 11 heavy (non-hydrogen) atoms. The molecule has 0 aromatic carbocycles. The molecule has 0 unspecified atom stereocenters. The fraction of sp³-hybridized carbons (Fsp3) is 1.00. The molecule has 0 aromatic rings. The maximum atomic E-state index is 5.45. The van der Waals surface area contributed by atoms with Crippen molar-refractivity contribution >= 4 is 0 Å². The average Bonchev–Trinajstić information content (AvgIpc) is 2.30. The number of nitrogens with zero attached hydrogens (tertiary/aromatic N) is 1. The van der Waals surface area contributed by atoms with Gasteiger partial charge >= 0.3 is 0 Å². The van der Waals surface area contributed by atoms with Gasteiger partial charge in [0.05, 0.1) is 6.61 Å². The Morgan fingerprint density at radius 1 is 1.55 bits per heavy atom. The van der Waals surface area contributed by atoms with E-state index in [4.69, 9.17) is 4.74 Å². The third kappa shape index (κ3) is 1.94. The molecule has 0 amide bonds. The minimum Gasteiger partial charge on any atom is -0.380 e. The summed E-state index contributed by atoms with van der Waals surface area (Å²) in [5.74, 6) is 0. The van der Waals surface area contributed by atoms with Crippen LogP contribution in [0.3, 0.4) is 0 Å². The molecule has 1 aliphatic heterocycles. The molecule has 0 radical (unpaired) electrons. The van der Waals surface area contributed by atoms with Crippen LogP contribution in [0.1, 0.15) is 26.7 Å². The van der Waals surface area contributed by atoms with E-state index in [2.05, 4.69) is 25.8 Å². The second kappa shape index (κ2) is 3.55. The van der Waals surface area contributed by atoms with E-state index in [1.807, 2.05) is 0 Å². The van der Waals surface area contributed by atoms with Crippen molar-refractivity contribution < 1.29 is 4.74 Å². The summed E-state index contributed by atoms with van der Waals surface area (Å²) in [5, 5.41) is 0. The van der Waals surface area contributed by atoms with E-state index in [1.165, 1.54) is 19.4 Å². The summed E-state index contributed by atoms with van der Waals surface area (Å²) in [6.45, 7) is 7.29. The Morgan fingerprint density at radius 2 is 2.27 bits per heavy atom. The zero-order valence-electron chi connectivity index (χ0n) is 7.89. The Morgan fingerprint density at radius 3 is 2.73 bits per heavy atom. The maximum absolute atomic E-state index is 5.45. The molecular formula is C9H19NO. The lowest BCUT2D eigenvalue weighted by Gasteiger charge is -2.31. The average molecular weight is 157 g/mol. The van der Waals surface area contributed by atoms with E-state index in [-0.39, 0.29) is 0 Å². The smallest absolute Gasteiger partial charge is 0.0647 e. The Hall–Kier alpha value is -0.0800. The molecule has 1 saturated heterocycles. The molecule has 0 saturated carbocycles. The molecular weight excluding hydrogens is 138 g/mol. The van der Waals surface area contributed by atoms with Gasteiger partial charge in [0.1, 0.15) is 0 Å². The van der Waals surface area contributed by atoms with E-state index in [0.717, 1.165) is 13.2 Å². The first-order chi connectivity index (χ1) is 5.19. The van der Waals surface area contributed by atoms with Crippen LogP contribution in [-0.2, 0) is 4.74 Å². The van der Waals surface area contributed by atoms with Gasteiger partial charge in [0, 0.05) is 12.1 Å². The molecule has 0 N–H and O–H groups in total. The van der Waals surface area contributed by atoms with Crippen LogP contribution in [0.25, 0.3) is 0 Å². The minimum absolute atomic E-state index is 0.315. The van der Waals surface area contributed by atoms with Gasteiger partial charge in [0.15, 0.2) is 0 Å². The zero-order valence-corrected chi connectivity index (χ0v) is 7.89. The van der Waals surface area contributed by atoms with E-state index < -0.39 is 0 Å². The number of likely N-dealkylation sites (N-methyl/N-ethyl adjacent to an activating group) is 1. The van der Waals surface area contributed by atoms with Crippen LogP contribution in [0, 0.1) is 0 Å². The summed E-state index contributed by atoms with van der Waals surface area (Å²) < 4.78 is 5.45. The Labute approximate surface area is 69.5 Å². The van der Waals surface area contributed by atoms with Crippen molar-refractivity contribution in [3.63, 3.8) is 0 Å². The van der Waals surface area contributed by atoms with E-state index in [9.17, 15) is 0 Å². The standard InChI is InChI=1S/C9H19NO/c1-4-11-8-9(2)6-5-7-10(9)3/h4-8H2,1-3H3/t9-/m0/s1. The third-order valence-corrected chi connectivity index (χ3v) is 2.75. The molecule has 0 bridgehead atoms. The predicted octanol–water partition coefficient (Wildman–Crippen LogP) is 1.51. The first-order valence-electron chi connectivity index (χ1n) is 4.48. The van der Waals surface area contributed by atoms with Gasteiger partial charge in [-0.2, -0.15) is 0 Å². The normalized spacial score (nSPS) is 33.0. The molecule has 1 rings (SSSR count). The van der Waals surface area contributed by atoms with Crippen molar-refractivity contribution in [1.82, 2.24) is 4.90 Å². The number of rotatable bonds is 3. The lowest BCUT2D eigenvalue weighted by Crippen LogP contribution is -2.42. The molecule has 66 valence electrons. The molecule has 1 aliphatic rings. The molecule has 2 heteroatoms. The summed E-state index contributed by atoms with van der Waals surface area (Å²) in [5.41, 5.74) is 0.315. The molecule has 1 atom stereocenters. The van der Waals surface area contributed by atoms with Gasteiger partial charge in [-0.25, -0.2) is 0 Å². The highest BCUT2D eigenvalue weighted by Crippen LogP contribution is 2.26. The second-order valence-electron chi connectivity index (χ2n) is 3.66. The SMILES string of the molecule is CCOC[C@]1(C)CCCN1C. The number of ether oxygens (including phenoxy) is 1. The fourth-order valence-electron chi connectivity index (χ4n) is 1.66. The van der Waals surface area contributed by atoms with Gasteiger partial charge in [-0.15, -0.1) is 0 Å². The predicted molar refractivity (Wildman–Crippen MR) is 46.8 cm³/mol. The zero-order chi connectivity index (χ0) is 8.32. The first-order valence-corrected chi connectivity index (χ1v) is 4.48. The van der Waals surface area contributed by atoms with Crippen molar-refractivity contribution in [3.05, 3.63) is 0 Å². The molecule has 1 fully saturated rings. The molecule has 0 spiro atoms. The van der Waals surface area contributed by atoms with Crippen molar-refractivity contribution in [2.24, 2.45) is 0 Å². The Bertz CT molecular complexity index is 127. The minimum atomic E-state index is 0.315. The van der Waals surface area contributed by atoms with E-state index in [0.29, 0.717) is 5.54 Å². The summed E-state index contributed by atoms with van der Waals surface area (Å²) in [7, 11) is 2.19. The number of likely N-dealkylation sites (tertiary alicyclic amines) is 1. The van der Waals surface area contributed by atoms with Crippen molar-refractivity contribution in [2.75, 3.05) is 26.8 Å². The van der Waals surface area contributed by atoms with Crippen LogP contribution in [0.5, 0.6) is 0 Å². The molecule has 2 nitrogen and oxygen atoms in total. The van der Waals surface area contributed by atoms with Crippen LogP contribution >= 0.6 is 0 Å². The highest BCUT2D eigenvalue weighted by Gasteiger charge is 2.33. The Balaban J connectivity index is 2.38. The van der Waals surface area contributed by atoms with Gasteiger partial charge < -0.3 is 4.74 Å². The van der Waals surface area contributed by atoms with Crippen molar-refractivity contribution in [1.29, 1.82) is 0 Å². The first kappa shape index (κ1) is 9.01. The quantitative estimate of drug-likeness (QED) is 0.615. The molecule has 0 aromatic heterocycles. The lowest BCUT2D eigenvalue weighted by atomic mass is 10.0. The topological polar surface area (TPSA) is 12.5 Å². The van der Waals surface area contributed by atoms with Gasteiger partial charge in [-0.1, -0.05) is 0 Å². The highest BCUT2D eigenvalue weighted by atomic mass is 16.5. The summed E-state index contributed by atoms with van der Waals surface area (Å²) in [6, 6.07) is 0. The molecule has 1 heterocycles. The maximum Gasteiger partial charge on any atom is 0.0647 e. The van der Waals surface area contributed by atoms with Gasteiger partial charge in [-0.3, -0.25) is 4.90 Å². The van der Waals surface area contributed by atoms with Crippen molar-refractivity contribution in [2.45, 2.75) is 32.2 Å². The number of hydrogen-bond donors (Lipinski definition) is 0. The number of hydrogen-bond acceptors (Lipinski definition) is 2. The monoisotopic (exact) mass is 157 g/mol. The second-order valence-corrected chi connectivity index (χ2v) is 3.66. The fourth-order valence-corrected chi connectivity index (χ4v) is 1.66.